The lowest BCUT2D eigenvalue weighted by molar-refractivity contribution is -0.151. The van der Waals surface area contributed by atoms with Crippen molar-refractivity contribution in [1.29, 1.82) is 0 Å². The van der Waals surface area contributed by atoms with Crippen molar-refractivity contribution in [3.8, 4) is 5.75 Å². The maximum Gasteiger partial charge on any atom is 0.303 e. The first kappa shape index (κ1) is 19.7. The van der Waals surface area contributed by atoms with Crippen LogP contribution >= 0.6 is 0 Å². The first-order valence-electron chi connectivity index (χ1n) is 8.11. The molecule has 5 nitrogen and oxygen atoms in total. The van der Waals surface area contributed by atoms with E-state index in [1.165, 1.54) is 13.8 Å². The van der Waals surface area contributed by atoms with Crippen molar-refractivity contribution in [3.05, 3.63) is 42.5 Å². The minimum absolute atomic E-state index is 0.0219. The van der Waals surface area contributed by atoms with Crippen molar-refractivity contribution < 1.29 is 19.1 Å². The lowest BCUT2D eigenvalue weighted by Crippen LogP contribution is -2.44. The lowest BCUT2D eigenvalue weighted by atomic mass is 10.1. The quantitative estimate of drug-likeness (QED) is 0.515. The number of allylic oxidation sites excluding steroid dienone is 1. The molecule has 0 aromatic heterocycles. The third-order valence-corrected chi connectivity index (χ3v) is 3.52. The molecule has 132 valence electrons. The summed E-state index contributed by atoms with van der Waals surface area (Å²) >= 11 is 0. The molecular formula is C19H27NO4. The molecule has 24 heavy (non-hydrogen) atoms. The van der Waals surface area contributed by atoms with Gasteiger partial charge in [-0.15, -0.1) is 6.58 Å². The average molecular weight is 333 g/mol. The van der Waals surface area contributed by atoms with Crippen LogP contribution in [-0.2, 0) is 20.7 Å². The number of ether oxygens (including phenoxy) is 2. The average Bonchev–Trinajstić information content (AvgIpc) is 2.50. The topological polar surface area (TPSA) is 55.8 Å². The van der Waals surface area contributed by atoms with E-state index in [-0.39, 0.29) is 18.6 Å². The molecule has 0 bridgehead atoms. The minimum Gasteiger partial charge on any atom is -0.489 e. The first-order chi connectivity index (χ1) is 11.3. The SMILES string of the molecule is C=CCc1ccccc1OCC(CN(C(C)=O)C(C)C)OC(C)=O. The zero-order chi connectivity index (χ0) is 18.1. The van der Waals surface area contributed by atoms with E-state index in [4.69, 9.17) is 9.47 Å². The summed E-state index contributed by atoms with van der Waals surface area (Å²) in [7, 11) is 0. The van der Waals surface area contributed by atoms with Crippen LogP contribution in [0.4, 0.5) is 0 Å². The summed E-state index contributed by atoms with van der Waals surface area (Å²) in [6.07, 6.45) is 1.98. The van der Waals surface area contributed by atoms with Crippen molar-refractivity contribution in [3.63, 3.8) is 0 Å². The van der Waals surface area contributed by atoms with Gasteiger partial charge in [-0.25, -0.2) is 0 Å². The normalized spacial score (nSPS) is 11.7. The van der Waals surface area contributed by atoms with E-state index in [0.29, 0.717) is 13.0 Å². The second-order valence-corrected chi connectivity index (χ2v) is 5.91. The molecule has 0 heterocycles. The standard InChI is InChI=1S/C19H27NO4/c1-6-9-17-10-7-8-11-19(17)23-13-18(24-16(5)22)12-20(14(2)3)15(4)21/h6-8,10-11,14,18H,1,9,12-13H2,2-5H3. The number of para-hydroxylation sites is 1. The molecule has 0 aliphatic heterocycles. The van der Waals surface area contributed by atoms with Gasteiger partial charge in [0, 0.05) is 19.9 Å². The summed E-state index contributed by atoms with van der Waals surface area (Å²) in [5.41, 5.74) is 1.02. The number of esters is 1. The van der Waals surface area contributed by atoms with Gasteiger partial charge in [0.25, 0.3) is 0 Å². The summed E-state index contributed by atoms with van der Waals surface area (Å²) in [6.45, 7) is 10.9. The second-order valence-electron chi connectivity index (χ2n) is 5.91. The smallest absolute Gasteiger partial charge is 0.303 e. The van der Waals surface area contributed by atoms with Crippen LogP contribution in [0.2, 0.25) is 0 Å². The molecule has 1 rings (SSSR count). The van der Waals surface area contributed by atoms with Gasteiger partial charge in [0.1, 0.15) is 12.4 Å². The fourth-order valence-electron chi connectivity index (χ4n) is 2.43. The Bertz CT molecular complexity index is 568. The van der Waals surface area contributed by atoms with Crippen molar-refractivity contribution in [2.24, 2.45) is 0 Å². The van der Waals surface area contributed by atoms with Crippen LogP contribution in [-0.4, -0.2) is 42.1 Å². The Morgan fingerprint density at radius 2 is 1.92 bits per heavy atom. The van der Waals surface area contributed by atoms with Crippen LogP contribution in [0.3, 0.4) is 0 Å². The molecule has 1 unspecified atom stereocenters. The molecule has 5 heteroatoms. The summed E-state index contributed by atoms with van der Waals surface area (Å²) < 4.78 is 11.2. The maximum atomic E-state index is 11.8. The van der Waals surface area contributed by atoms with Crippen LogP contribution in [0.5, 0.6) is 5.75 Å². The molecule has 1 aromatic rings. The number of amides is 1. The van der Waals surface area contributed by atoms with Crippen LogP contribution in [0.1, 0.15) is 33.3 Å². The third kappa shape index (κ3) is 6.44. The summed E-state index contributed by atoms with van der Waals surface area (Å²) in [4.78, 5) is 24.8. The number of rotatable bonds is 9. The molecule has 0 aliphatic rings. The van der Waals surface area contributed by atoms with E-state index in [9.17, 15) is 9.59 Å². The Kier molecular flexibility index (Phi) is 8.02. The monoisotopic (exact) mass is 333 g/mol. The molecular weight excluding hydrogens is 306 g/mol. The lowest BCUT2D eigenvalue weighted by Gasteiger charge is -2.29. The summed E-state index contributed by atoms with van der Waals surface area (Å²) in [6, 6.07) is 7.68. The largest absolute Gasteiger partial charge is 0.489 e. The highest BCUT2D eigenvalue weighted by atomic mass is 16.6. The van der Waals surface area contributed by atoms with Crippen molar-refractivity contribution in [2.75, 3.05) is 13.2 Å². The summed E-state index contributed by atoms with van der Waals surface area (Å²) in [5.74, 6) is 0.276. The van der Waals surface area contributed by atoms with Gasteiger partial charge in [-0.05, 0) is 31.9 Å². The minimum atomic E-state index is -0.523. The van der Waals surface area contributed by atoms with E-state index < -0.39 is 12.1 Å². The van der Waals surface area contributed by atoms with E-state index >= 15 is 0 Å². The predicted molar refractivity (Wildman–Crippen MR) is 93.9 cm³/mol. The summed E-state index contributed by atoms with van der Waals surface area (Å²) in [5, 5.41) is 0. The first-order valence-corrected chi connectivity index (χ1v) is 8.11. The maximum absolute atomic E-state index is 11.8. The number of nitrogens with zero attached hydrogens (tertiary/aromatic N) is 1. The second kappa shape index (κ2) is 9.75. The van der Waals surface area contributed by atoms with E-state index in [1.807, 2.05) is 44.2 Å². The van der Waals surface area contributed by atoms with Gasteiger partial charge in [-0.2, -0.15) is 0 Å². The Morgan fingerprint density at radius 1 is 1.25 bits per heavy atom. The van der Waals surface area contributed by atoms with Gasteiger partial charge in [0.15, 0.2) is 6.10 Å². The molecule has 1 aromatic carbocycles. The van der Waals surface area contributed by atoms with E-state index in [0.717, 1.165) is 11.3 Å². The number of benzene rings is 1. The highest BCUT2D eigenvalue weighted by Crippen LogP contribution is 2.19. The highest BCUT2D eigenvalue weighted by molar-refractivity contribution is 5.73. The Hall–Kier alpha value is -2.30. The molecule has 0 saturated heterocycles. The molecule has 1 atom stereocenters. The Labute approximate surface area is 144 Å². The van der Waals surface area contributed by atoms with Crippen molar-refractivity contribution in [2.45, 2.75) is 46.3 Å². The zero-order valence-electron chi connectivity index (χ0n) is 15.0. The van der Waals surface area contributed by atoms with Gasteiger partial charge in [-0.1, -0.05) is 24.3 Å². The molecule has 1 amide bonds. The molecule has 0 spiro atoms. The molecule has 0 N–H and O–H groups in total. The van der Waals surface area contributed by atoms with Crippen molar-refractivity contribution in [1.82, 2.24) is 4.90 Å². The Balaban J connectivity index is 2.81. The van der Waals surface area contributed by atoms with Crippen LogP contribution < -0.4 is 4.74 Å². The fraction of sp³-hybridized carbons (Fsp3) is 0.474. The highest BCUT2D eigenvalue weighted by Gasteiger charge is 2.22. The van der Waals surface area contributed by atoms with Gasteiger partial charge in [0.05, 0.1) is 6.54 Å². The van der Waals surface area contributed by atoms with Crippen LogP contribution in [0.15, 0.2) is 36.9 Å². The van der Waals surface area contributed by atoms with Gasteiger partial charge < -0.3 is 14.4 Å². The number of hydrogen-bond donors (Lipinski definition) is 0. The fourth-order valence-corrected chi connectivity index (χ4v) is 2.43. The van der Waals surface area contributed by atoms with Gasteiger partial charge in [0.2, 0.25) is 5.91 Å². The predicted octanol–water partition coefficient (Wildman–Crippen LogP) is 2.98. The van der Waals surface area contributed by atoms with Crippen LogP contribution in [0, 0.1) is 0 Å². The van der Waals surface area contributed by atoms with E-state index in [1.54, 1.807) is 4.90 Å². The van der Waals surface area contributed by atoms with Crippen molar-refractivity contribution >= 4 is 11.9 Å². The van der Waals surface area contributed by atoms with Gasteiger partial charge in [-0.3, -0.25) is 9.59 Å². The molecule has 0 fully saturated rings. The third-order valence-electron chi connectivity index (χ3n) is 3.52. The number of carbonyl (C=O) groups is 2. The van der Waals surface area contributed by atoms with E-state index in [2.05, 4.69) is 6.58 Å². The Morgan fingerprint density at radius 3 is 2.46 bits per heavy atom. The molecule has 0 saturated carbocycles. The van der Waals surface area contributed by atoms with Gasteiger partial charge >= 0.3 is 5.97 Å². The zero-order valence-corrected chi connectivity index (χ0v) is 15.0. The number of hydrogen-bond acceptors (Lipinski definition) is 4. The molecule has 0 aliphatic carbocycles. The number of carbonyl (C=O) groups excluding carboxylic acids is 2. The molecule has 0 radical (unpaired) electrons. The van der Waals surface area contributed by atoms with Crippen LogP contribution in [0.25, 0.3) is 0 Å².